The van der Waals surface area contributed by atoms with E-state index in [0.29, 0.717) is 5.92 Å². The smallest absolute Gasteiger partial charge is 0.0791 e. The van der Waals surface area contributed by atoms with Crippen LogP contribution in [-0.4, -0.2) is 23.0 Å². The van der Waals surface area contributed by atoms with Crippen LogP contribution in [-0.2, 0) is 11.8 Å². The van der Waals surface area contributed by atoms with Crippen LogP contribution in [0.2, 0.25) is 0 Å². The average Bonchev–Trinajstić information content (AvgIpc) is 2.62. The summed E-state index contributed by atoms with van der Waals surface area (Å²) in [5.74, 6) is 0.587. The van der Waals surface area contributed by atoms with Crippen LogP contribution in [0.25, 0.3) is 0 Å². The summed E-state index contributed by atoms with van der Waals surface area (Å²) in [5.41, 5.74) is 8.11. The molecule has 1 aromatic heterocycles. The highest BCUT2D eigenvalue weighted by molar-refractivity contribution is 5.17. The second kappa shape index (κ2) is 4.33. The van der Waals surface area contributed by atoms with Crippen LogP contribution in [0.4, 0.5) is 0 Å². The molecule has 15 heavy (non-hydrogen) atoms. The monoisotopic (exact) mass is 209 g/mol. The van der Waals surface area contributed by atoms with E-state index in [1.165, 1.54) is 5.69 Å². The van der Waals surface area contributed by atoms with E-state index in [4.69, 9.17) is 10.5 Å². The molecule has 1 aromatic rings. The molecule has 1 atom stereocenters. The number of ether oxygens (including phenoxy) is 1. The molecule has 0 aromatic carbocycles. The zero-order chi connectivity index (χ0) is 10.8. The molecule has 2 rings (SSSR count). The summed E-state index contributed by atoms with van der Waals surface area (Å²) in [6.45, 7) is 3.70. The number of nitrogens with zero attached hydrogens (tertiary/aromatic N) is 2. The summed E-state index contributed by atoms with van der Waals surface area (Å²) in [6, 6.07) is 2.16. The molecule has 2 N–H and O–H groups in total. The Kier molecular flexibility index (Phi) is 3.07. The van der Waals surface area contributed by atoms with E-state index in [0.717, 1.165) is 31.7 Å². The fourth-order valence-corrected chi connectivity index (χ4v) is 2.10. The molecule has 1 unspecified atom stereocenters. The van der Waals surface area contributed by atoms with Gasteiger partial charge in [-0.05, 0) is 25.8 Å². The Bertz CT molecular complexity index is 327. The first-order valence-corrected chi connectivity index (χ1v) is 5.55. The van der Waals surface area contributed by atoms with Crippen molar-refractivity contribution in [2.75, 3.05) is 13.2 Å². The lowest BCUT2D eigenvalue weighted by Crippen LogP contribution is -2.16. The summed E-state index contributed by atoms with van der Waals surface area (Å²) in [5, 5.41) is 4.44. The first kappa shape index (κ1) is 10.6. The fraction of sp³-hybridized carbons (Fsp3) is 0.727. The van der Waals surface area contributed by atoms with E-state index in [2.05, 4.69) is 11.2 Å². The Labute approximate surface area is 90.4 Å². The second-order valence-electron chi connectivity index (χ2n) is 4.29. The van der Waals surface area contributed by atoms with Crippen LogP contribution >= 0.6 is 0 Å². The van der Waals surface area contributed by atoms with Gasteiger partial charge in [0.25, 0.3) is 0 Å². The van der Waals surface area contributed by atoms with Gasteiger partial charge in [0.2, 0.25) is 0 Å². The van der Waals surface area contributed by atoms with Crippen molar-refractivity contribution >= 4 is 0 Å². The number of aromatic nitrogens is 2. The predicted molar refractivity (Wildman–Crippen MR) is 58.6 cm³/mol. The van der Waals surface area contributed by atoms with E-state index < -0.39 is 0 Å². The van der Waals surface area contributed by atoms with E-state index >= 15 is 0 Å². The average molecular weight is 209 g/mol. The lowest BCUT2D eigenvalue weighted by atomic mass is 9.96. The summed E-state index contributed by atoms with van der Waals surface area (Å²) >= 11 is 0. The largest absolute Gasteiger partial charge is 0.381 e. The Hall–Kier alpha value is -0.870. The van der Waals surface area contributed by atoms with E-state index in [-0.39, 0.29) is 6.04 Å². The third-order valence-corrected chi connectivity index (χ3v) is 3.04. The van der Waals surface area contributed by atoms with Crippen LogP contribution in [0.15, 0.2) is 6.07 Å². The van der Waals surface area contributed by atoms with Gasteiger partial charge in [0.15, 0.2) is 0 Å². The molecule has 0 aliphatic carbocycles. The molecule has 1 fully saturated rings. The maximum atomic E-state index is 5.82. The molecule has 0 bridgehead atoms. The minimum absolute atomic E-state index is 0.0183. The van der Waals surface area contributed by atoms with Crippen LogP contribution in [0, 0.1) is 0 Å². The van der Waals surface area contributed by atoms with Gasteiger partial charge in [0.05, 0.1) is 5.69 Å². The zero-order valence-electron chi connectivity index (χ0n) is 9.44. The molecule has 4 nitrogen and oxygen atoms in total. The van der Waals surface area contributed by atoms with Gasteiger partial charge in [-0.25, -0.2) is 0 Å². The third kappa shape index (κ3) is 2.21. The quantitative estimate of drug-likeness (QED) is 0.799. The first-order chi connectivity index (χ1) is 7.18. The molecule has 0 amide bonds. The molecule has 0 radical (unpaired) electrons. The molecule has 0 saturated carbocycles. The lowest BCUT2D eigenvalue weighted by Gasteiger charge is -2.21. The highest BCUT2D eigenvalue weighted by Gasteiger charge is 2.20. The van der Waals surface area contributed by atoms with Crippen LogP contribution in [0.3, 0.4) is 0 Å². The standard InChI is InChI=1S/C11H19N3O/c1-8(12)10-7-11(14(2)13-10)9-3-5-15-6-4-9/h7-9H,3-6,12H2,1-2H3. The van der Waals surface area contributed by atoms with Crippen molar-refractivity contribution in [3.05, 3.63) is 17.5 Å². The van der Waals surface area contributed by atoms with Gasteiger partial charge in [-0.2, -0.15) is 5.10 Å². The Morgan fingerprint density at radius 1 is 1.53 bits per heavy atom. The predicted octanol–water partition coefficient (Wildman–Crippen LogP) is 1.33. The summed E-state index contributed by atoms with van der Waals surface area (Å²) in [6.07, 6.45) is 2.19. The molecular formula is C11H19N3O. The van der Waals surface area contributed by atoms with E-state index in [1.807, 2.05) is 18.7 Å². The molecule has 2 heterocycles. The first-order valence-electron chi connectivity index (χ1n) is 5.55. The van der Waals surface area contributed by atoms with Crippen molar-refractivity contribution in [2.24, 2.45) is 12.8 Å². The number of rotatable bonds is 2. The van der Waals surface area contributed by atoms with Crippen molar-refractivity contribution in [1.29, 1.82) is 0 Å². The second-order valence-corrected chi connectivity index (χ2v) is 4.29. The van der Waals surface area contributed by atoms with Crippen molar-refractivity contribution in [1.82, 2.24) is 9.78 Å². The molecule has 1 aliphatic rings. The summed E-state index contributed by atoms with van der Waals surface area (Å²) in [7, 11) is 2.00. The number of hydrogen-bond donors (Lipinski definition) is 1. The van der Waals surface area contributed by atoms with Gasteiger partial charge in [0, 0.05) is 37.9 Å². The van der Waals surface area contributed by atoms with Crippen molar-refractivity contribution in [2.45, 2.75) is 31.7 Å². The van der Waals surface area contributed by atoms with Gasteiger partial charge < -0.3 is 10.5 Å². The number of aryl methyl sites for hydroxylation is 1. The molecule has 84 valence electrons. The zero-order valence-corrected chi connectivity index (χ0v) is 9.44. The van der Waals surface area contributed by atoms with E-state index in [9.17, 15) is 0 Å². The van der Waals surface area contributed by atoms with Gasteiger partial charge in [-0.1, -0.05) is 0 Å². The van der Waals surface area contributed by atoms with Crippen molar-refractivity contribution < 1.29 is 4.74 Å². The van der Waals surface area contributed by atoms with Crippen LogP contribution in [0.5, 0.6) is 0 Å². The fourth-order valence-electron chi connectivity index (χ4n) is 2.10. The third-order valence-electron chi connectivity index (χ3n) is 3.04. The Morgan fingerprint density at radius 2 is 2.20 bits per heavy atom. The maximum Gasteiger partial charge on any atom is 0.0791 e. The molecule has 4 heteroatoms. The number of nitrogens with two attached hydrogens (primary N) is 1. The maximum absolute atomic E-state index is 5.82. The van der Waals surface area contributed by atoms with E-state index in [1.54, 1.807) is 0 Å². The minimum Gasteiger partial charge on any atom is -0.381 e. The molecule has 0 spiro atoms. The number of hydrogen-bond acceptors (Lipinski definition) is 3. The Morgan fingerprint density at radius 3 is 2.73 bits per heavy atom. The minimum atomic E-state index is 0.0183. The van der Waals surface area contributed by atoms with Crippen molar-refractivity contribution in [3.8, 4) is 0 Å². The molecule has 1 saturated heterocycles. The summed E-state index contributed by atoms with van der Waals surface area (Å²) < 4.78 is 7.33. The highest BCUT2D eigenvalue weighted by Crippen LogP contribution is 2.27. The van der Waals surface area contributed by atoms with Crippen molar-refractivity contribution in [3.63, 3.8) is 0 Å². The highest BCUT2D eigenvalue weighted by atomic mass is 16.5. The van der Waals surface area contributed by atoms with Crippen LogP contribution in [0.1, 0.15) is 43.1 Å². The van der Waals surface area contributed by atoms with Gasteiger partial charge >= 0.3 is 0 Å². The van der Waals surface area contributed by atoms with Gasteiger partial charge in [-0.15, -0.1) is 0 Å². The van der Waals surface area contributed by atoms with Crippen LogP contribution < -0.4 is 5.73 Å². The van der Waals surface area contributed by atoms with Gasteiger partial charge in [-0.3, -0.25) is 4.68 Å². The molecule has 1 aliphatic heterocycles. The summed E-state index contributed by atoms with van der Waals surface area (Å²) in [4.78, 5) is 0. The normalized spacial score (nSPS) is 20.5. The molecular weight excluding hydrogens is 190 g/mol. The Balaban J connectivity index is 2.19. The topological polar surface area (TPSA) is 53.1 Å². The van der Waals surface area contributed by atoms with Gasteiger partial charge in [0.1, 0.15) is 0 Å². The lowest BCUT2D eigenvalue weighted by molar-refractivity contribution is 0.0837. The SMILES string of the molecule is CC(N)c1cc(C2CCOCC2)n(C)n1.